The van der Waals surface area contributed by atoms with Crippen LogP contribution in [0.4, 0.5) is 0 Å². The normalized spacial score (nSPS) is 40.2. The minimum Gasteiger partial charge on any atom is -0.459 e. The highest BCUT2D eigenvalue weighted by Gasteiger charge is 2.70. The molecule has 0 aromatic rings. The van der Waals surface area contributed by atoms with Gasteiger partial charge in [0, 0.05) is 10.8 Å². The van der Waals surface area contributed by atoms with Crippen molar-refractivity contribution in [2.24, 2.45) is 16.7 Å². The van der Waals surface area contributed by atoms with Crippen LogP contribution in [0.1, 0.15) is 79.6 Å². The van der Waals surface area contributed by atoms with E-state index in [-0.39, 0.29) is 23.0 Å². The maximum Gasteiger partial charge on any atom is 0.313 e. The molecule has 0 radical (unpaired) electrons. The van der Waals surface area contributed by atoms with Crippen molar-refractivity contribution < 1.29 is 24.5 Å². The SMILES string of the molecule is CC(=O)CC(=O)OC12CC3CC(C(C)(C)O)(C1)CC(C(C)(C)O)(C3)C2. The first-order chi connectivity index (χ1) is 11.2. The summed E-state index contributed by atoms with van der Waals surface area (Å²) in [5.41, 5.74) is -3.25. The standard InChI is InChI=1S/C20H32O5/c1-13(21)6-15(22)25-20-9-14-7-18(11-20,16(2,3)23)10-19(8-14,12-20)17(4,5)24/h14,23-24H,6-12H2,1-5H3. The summed E-state index contributed by atoms with van der Waals surface area (Å²) in [5, 5.41) is 22.0. The summed E-state index contributed by atoms with van der Waals surface area (Å²) < 4.78 is 5.92. The van der Waals surface area contributed by atoms with Crippen molar-refractivity contribution in [1.82, 2.24) is 0 Å². The van der Waals surface area contributed by atoms with Crippen LogP contribution in [0.5, 0.6) is 0 Å². The fourth-order valence-corrected chi connectivity index (χ4v) is 6.31. The van der Waals surface area contributed by atoms with Gasteiger partial charge in [-0.3, -0.25) is 9.59 Å². The minimum absolute atomic E-state index is 0.205. The maximum atomic E-state index is 12.3. The third kappa shape index (κ3) is 2.93. The summed E-state index contributed by atoms with van der Waals surface area (Å²) in [7, 11) is 0. The number of esters is 1. The van der Waals surface area contributed by atoms with Gasteiger partial charge in [-0.1, -0.05) is 0 Å². The molecule has 4 fully saturated rings. The zero-order chi connectivity index (χ0) is 18.9. The Morgan fingerprint density at radius 2 is 1.44 bits per heavy atom. The molecular formula is C20H32O5. The summed E-state index contributed by atoms with van der Waals surface area (Å²) >= 11 is 0. The first-order valence-electron chi connectivity index (χ1n) is 9.38. The molecule has 0 amide bonds. The lowest BCUT2D eigenvalue weighted by Gasteiger charge is -2.70. The number of Topliss-reactive ketones (excluding diaryl/α,β-unsaturated/α-hetero) is 1. The molecule has 0 saturated heterocycles. The second kappa shape index (κ2) is 5.29. The Balaban J connectivity index is 2.01. The van der Waals surface area contributed by atoms with Crippen molar-refractivity contribution in [2.75, 3.05) is 0 Å². The lowest BCUT2D eigenvalue weighted by Crippen LogP contribution is -2.70. The monoisotopic (exact) mass is 352 g/mol. The van der Waals surface area contributed by atoms with Crippen molar-refractivity contribution in [3.05, 3.63) is 0 Å². The molecule has 4 aliphatic carbocycles. The Bertz CT molecular complexity index is 564. The molecule has 0 aromatic heterocycles. The van der Waals surface area contributed by atoms with Gasteiger partial charge in [0.2, 0.25) is 0 Å². The molecule has 2 atom stereocenters. The molecule has 4 rings (SSSR count). The summed E-state index contributed by atoms with van der Waals surface area (Å²) in [4.78, 5) is 23.6. The van der Waals surface area contributed by atoms with E-state index >= 15 is 0 Å². The average Bonchev–Trinajstić information content (AvgIpc) is 2.31. The largest absolute Gasteiger partial charge is 0.459 e. The Morgan fingerprint density at radius 3 is 1.84 bits per heavy atom. The Hall–Kier alpha value is -0.940. The highest BCUT2D eigenvalue weighted by molar-refractivity contribution is 5.94. The van der Waals surface area contributed by atoms with E-state index in [1.165, 1.54) is 6.92 Å². The highest BCUT2D eigenvalue weighted by Crippen LogP contribution is 2.72. The van der Waals surface area contributed by atoms with Crippen LogP contribution in [0, 0.1) is 16.7 Å². The van der Waals surface area contributed by atoms with Crippen LogP contribution in [0.25, 0.3) is 0 Å². The third-order valence-corrected chi connectivity index (χ3v) is 7.34. The molecule has 25 heavy (non-hydrogen) atoms. The Kier molecular flexibility index (Phi) is 3.99. The number of hydrogen-bond acceptors (Lipinski definition) is 5. The molecule has 4 aliphatic rings. The van der Waals surface area contributed by atoms with Gasteiger partial charge < -0.3 is 14.9 Å². The summed E-state index contributed by atoms with van der Waals surface area (Å²) in [6.07, 6.45) is 4.34. The predicted molar refractivity (Wildman–Crippen MR) is 92.8 cm³/mol. The zero-order valence-electron chi connectivity index (χ0n) is 16.1. The number of hydrogen-bond donors (Lipinski definition) is 2. The molecule has 2 unspecified atom stereocenters. The first kappa shape index (κ1) is 18.8. The third-order valence-electron chi connectivity index (χ3n) is 7.34. The molecule has 0 spiro atoms. The predicted octanol–water partition coefficient (Wildman–Crippen LogP) is 2.76. The van der Waals surface area contributed by atoms with Gasteiger partial charge in [-0.25, -0.2) is 0 Å². The van der Waals surface area contributed by atoms with Crippen molar-refractivity contribution in [3.63, 3.8) is 0 Å². The van der Waals surface area contributed by atoms with Gasteiger partial charge in [0.25, 0.3) is 0 Å². The molecule has 2 N–H and O–H groups in total. The van der Waals surface area contributed by atoms with E-state index in [1.807, 2.05) is 27.7 Å². The van der Waals surface area contributed by atoms with Gasteiger partial charge in [-0.15, -0.1) is 0 Å². The van der Waals surface area contributed by atoms with Crippen molar-refractivity contribution in [1.29, 1.82) is 0 Å². The topological polar surface area (TPSA) is 83.8 Å². The van der Waals surface area contributed by atoms with Gasteiger partial charge in [-0.2, -0.15) is 0 Å². The second-order valence-electron chi connectivity index (χ2n) is 10.2. The maximum absolute atomic E-state index is 12.3. The van der Waals surface area contributed by atoms with E-state index in [4.69, 9.17) is 4.74 Å². The fraction of sp³-hybridized carbons (Fsp3) is 0.900. The second-order valence-corrected chi connectivity index (χ2v) is 10.2. The minimum atomic E-state index is -0.915. The first-order valence-corrected chi connectivity index (χ1v) is 9.38. The molecule has 4 bridgehead atoms. The van der Waals surface area contributed by atoms with Crippen molar-refractivity contribution in [3.8, 4) is 0 Å². The van der Waals surface area contributed by atoms with Crippen LogP contribution in [-0.4, -0.2) is 38.8 Å². The molecular weight excluding hydrogens is 320 g/mol. The summed E-state index contributed by atoms with van der Waals surface area (Å²) in [6, 6.07) is 0. The molecule has 0 aromatic carbocycles. The van der Waals surface area contributed by atoms with E-state index in [2.05, 4.69) is 0 Å². The van der Waals surface area contributed by atoms with Crippen LogP contribution in [0.15, 0.2) is 0 Å². The molecule has 5 nitrogen and oxygen atoms in total. The van der Waals surface area contributed by atoms with Crippen LogP contribution < -0.4 is 0 Å². The molecule has 0 aliphatic heterocycles. The van der Waals surface area contributed by atoms with Crippen LogP contribution in [0.3, 0.4) is 0 Å². The van der Waals surface area contributed by atoms with E-state index in [0.29, 0.717) is 18.8 Å². The van der Waals surface area contributed by atoms with E-state index < -0.39 is 22.8 Å². The van der Waals surface area contributed by atoms with Crippen LogP contribution in [0.2, 0.25) is 0 Å². The molecule has 0 heterocycles. The number of carbonyl (C=O) groups excluding carboxylic acids is 2. The Morgan fingerprint density at radius 1 is 0.960 bits per heavy atom. The van der Waals surface area contributed by atoms with Crippen LogP contribution in [-0.2, 0) is 14.3 Å². The lowest BCUT2D eigenvalue weighted by atomic mass is 9.37. The molecule has 5 heteroatoms. The van der Waals surface area contributed by atoms with E-state index in [9.17, 15) is 19.8 Å². The van der Waals surface area contributed by atoms with Gasteiger partial charge in [0.05, 0.1) is 11.2 Å². The smallest absolute Gasteiger partial charge is 0.313 e. The zero-order valence-corrected chi connectivity index (χ0v) is 16.1. The number of ketones is 1. The van der Waals surface area contributed by atoms with Gasteiger partial charge in [0.15, 0.2) is 0 Å². The number of ether oxygens (including phenoxy) is 1. The van der Waals surface area contributed by atoms with Gasteiger partial charge in [-0.05, 0) is 79.1 Å². The van der Waals surface area contributed by atoms with E-state index in [0.717, 1.165) is 25.7 Å². The summed E-state index contributed by atoms with van der Waals surface area (Å²) in [5.74, 6) is -0.366. The Labute approximate surface area is 150 Å². The number of rotatable bonds is 5. The quantitative estimate of drug-likeness (QED) is 0.587. The lowest BCUT2D eigenvalue weighted by molar-refractivity contribution is -0.285. The van der Waals surface area contributed by atoms with E-state index in [1.54, 1.807) is 0 Å². The average molecular weight is 352 g/mol. The highest BCUT2D eigenvalue weighted by atomic mass is 16.6. The molecule has 142 valence electrons. The van der Waals surface area contributed by atoms with Gasteiger partial charge >= 0.3 is 5.97 Å². The van der Waals surface area contributed by atoms with Crippen LogP contribution >= 0.6 is 0 Å². The van der Waals surface area contributed by atoms with Gasteiger partial charge in [0.1, 0.15) is 17.8 Å². The molecule has 4 saturated carbocycles. The van der Waals surface area contributed by atoms with Crippen molar-refractivity contribution >= 4 is 11.8 Å². The summed E-state index contributed by atoms with van der Waals surface area (Å²) in [6.45, 7) is 8.73. The number of aliphatic hydroxyl groups is 2. The van der Waals surface area contributed by atoms with Crippen molar-refractivity contribution in [2.45, 2.75) is 96.4 Å². The number of carbonyl (C=O) groups is 2. The fourth-order valence-electron chi connectivity index (χ4n) is 6.31.